The number of hydrogen-bond donors (Lipinski definition) is 3. The van der Waals surface area contributed by atoms with Gasteiger partial charge in [-0.2, -0.15) is 0 Å². The van der Waals surface area contributed by atoms with Crippen LogP contribution in [0.1, 0.15) is 56.0 Å². The van der Waals surface area contributed by atoms with Crippen LogP contribution in [0.3, 0.4) is 0 Å². The van der Waals surface area contributed by atoms with Crippen molar-refractivity contribution in [2.45, 2.75) is 40.0 Å². The number of nitrogens with one attached hydrogen (secondary N) is 3. The second-order valence-electron chi connectivity index (χ2n) is 8.00. The highest BCUT2D eigenvalue weighted by Crippen LogP contribution is 2.25. The van der Waals surface area contributed by atoms with Crippen molar-refractivity contribution in [1.82, 2.24) is 16.2 Å². The summed E-state index contributed by atoms with van der Waals surface area (Å²) in [6.45, 7) is 8.74. The number of rotatable bonds is 9. The third-order valence-electron chi connectivity index (χ3n) is 4.50. The Kier molecular flexibility index (Phi) is 9.94. The first-order valence-corrected chi connectivity index (χ1v) is 11.0. The van der Waals surface area contributed by atoms with E-state index in [4.69, 9.17) is 21.7 Å². The molecule has 8 heteroatoms. The van der Waals surface area contributed by atoms with E-state index in [1.165, 1.54) is 0 Å². The van der Waals surface area contributed by atoms with Crippen LogP contribution in [-0.2, 0) is 4.79 Å². The minimum absolute atomic E-state index is 0.0305. The van der Waals surface area contributed by atoms with Crippen molar-refractivity contribution in [2.75, 3.05) is 13.2 Å². The molecule has 0 radical (unpaired) electrons. The van der Waals surface area contributed by atoms with E-state index in [9.17, 15) is 9.59 Å². The molecule has 32 heavy (non-hydrogen) atoms. The van der Waals surface area contributed by atoms with Crippen LogP contribution in [0.15, 0.2) is 48.5 Å². The molecule has 0 aliphatic heterocycles. The molecule has 2 amide bonds. The summed E-state index contributed by atoms with van der Waals surface area (Å²) in [5, 5.41) is 2.49. The summed E-state index contributed by atoms with van der Waals surface area (Å²) in [7, 11) is 0. The number of ether oxygens (including phenoxy) is 2. The lowest BCUT2D eigenvalue weighted by Crippen LogP contribution is -2.49. The Balaban J connectivity index is 1.78. The quantitative estimate of drug-likeness (QED) is 0.390. The molecular formula is C24H31N3O4S. The lowest BCUT2D eigenvalue weighted by atomic mass is 10.0. The van der Waals surface area contributed by atoms with E-state index in [1.807, 2.05) is 24.3 Å². The number of benzene rings is 2. The molecule has 0 bridgehead atoms. The van der Waals surface area contributed by atoms with Gasteiger partial charge in [0.25, 0.3) is 11.8 Å². The standard InChI is InChI=1S/C24H31N3O4S/c1-16(2)12-13-30-19-9-7-8-18(14-19)23(29)25-24(32)27-26-22(28)15-31-21-11-6-5-10-20(21)17(3)4/h5-11,14,16-17H,12-13,15H2,1-4H3,(H,26,28)(H2,25,27,29,32). The molecule has 0 fully saturated rings. The minimum Gasteiger partial charge on any atom is -0.494 e. The van der Waals surface area contributed by atoms with Gasteiger partial charge in [-0.3, -0.25) is 25.8 Å². The van der Waals surface area contributed by atoms with Crippen LogP contribution >= 0.6 is 12.2 Å². The van der Waals surface area contributed by atoms with Gasteiger partial charge in [-0.25, -0.2) is 0 Å². The molecule has 172 valence electrons. The number of thiocarbonyl (C=S) groups is 1. The van der Waals surface area contributed by atoms with Gasteiger partial charge in [0.2, 0.25) is 0 Å². The van der Waals surface area contributed by atoms with Crippen LogP contribution in [0.25, 0.3) is 0 Å². The fourth-order valence-corrected chi connectivity index (χ4v) is 2.88. The maximum atomic E-state index is 12.4. The molecule has 2 aromatic carbocycles. The van der Waals surface area contributed by atoms with Gasteiger partial charge >= 0.3 is 0 Å². The number of carbonyl (C=O) groups excluding carboxylic acids is 2. The first-order chi connectivity index (χ1) is 15.3. The topological polar surface area (TPSA) is 88.7 Å². The third kappa shape index (κ3) is 8.55. The Morgan fingerprint density at radius 1 is 0.969 bits per heavy atom. The average Bonchev–Trinajstić information content (AvgIpc) is 2.76. The van der Waals surface area contributed by atoms with Gasteiger partial charge in [0.05, 0.1) is 6.61 Å². The Morgan fingerprint density at radius 2 is 1.72 bits per heavy atom. The second kappa shape index (κ2) is 12.7. The molecule has 7 nitrogen and oxygen atoms in total. The van der Waals surface area contributed by atoms with Crippen LogP contribution in [0, 0.1) is 5.92 Å². The Labute approximate surface area is 194 Å². The van der Waals surface area contributed by atoms with Gasteiger partial charge in [0, 0.05) is 5.56 Å². The number of carbonyl (C=O) groups is 2. The molecule has 3 N–H and O–H groups in total. The van der Waals surface area contributed by atoms with Crippen LogP contribution < -0.4 is 25.6 Å². The highest BCUT2D eigenvalue weighted by molar-refractivity contribution is 7.80. The van der Waals surface area contributed by atoms with E-state index in [0.29, 0.717) is 29.6 Å². The number of amides is 2. The first kappa shape index (κ1) is 25.1. The molecule has 0 heterocycles. The highest BCUT2D eigenvalue weighted by Gasteiger charge is 2.12. The lowest BCUT2D eigenvalue weighted by molar-refractivity contribution is -0.123. The van der Waals surface area contributed by atoms with E-state index in [-0.39, 0.29) is 17.6 Å². The number of para-hydroxylation sites is 1. The number of hydrogen-bond acceptors (Lipinski definition) is 5. The third-order valence-corrected chi connectivity index (χ3v) is 4.71. The van der Waals surface area contributed by atoms with Crippen molar-refractivity contribution in [2.24, 2.45) is 5.92 Å². The van der Waals surface area contributed by atoms with Crippen LogP contribution in [-0.4, -0.2) is 30.1 Å². The Hall–Kier alpha value is -3.13. The monoisotopic (exact) mass is 457 g/mol. The smallest absolute Gasteiger partial charge is 0.276 e. The summed E-state index contributed by atoms with van der Waals surface area (Å²) in [4.78, 5) is 24.5. The summed E-state index contributed by atoms with van der Waals surface area (Å²) in [6.07, 6.45) is 0.927. The zero-order chi connectivity index (χ0) is 23.5. The van der Waals surface area contributed by atoms with Crippen molar-refractivity contribution in [1.29, 1.82) is 0 Å². The van der Waals surface area contributed by atoms with Crippen LogP contribution in [0.2, 0.25) is 0 Å². The minimum atomic E-state index is -0.430. The fraction of sp³-hybridized carbons (Fsp3) is 0.375. The largest absolute Gasteiger partial charge is 0.494 e. The summed E-state index contributed by atoms with van der Waals surface area (Å²) >= 11 is 5.08. The van der Waals surface area contributed by atoms with Crippen molar-refractivity contribution < 1.29 is 19.1 Å². The van der Waals surface area contributed by atoms with E-state index in [1.54, 1.807) is 24.3 Å². The second-order valence-corrected chi connectivity index (χ2v) is 8.40. The molecule has 0 spiro atoms. The van der Waals surface area contributed by atoms with Crippen molar-refractivity contribution in [3.05, 3.63) is 59.7 Å². The average molecular weight is 458 g/mol. The SMILES string of the molecule is CC(C)CCOc1cccc(C(=O)NC(=S)NNC(=O)COc2ccccc2C(C)C)c1. The molecule has 0 saturated heterocycles. The van der Waals surface area contributed by atoms with Gasteiger partial charge < -0.3 is 9.47 Å². The maximum absolute atomic E-state index is 12.4. The fourth-order valence-electron chi connectivity index (χ4n) is 2.74. The summed E-state index contributed by atoms with van der Waals surface area (Å²) in [6, 6.07) is 14.4. The molecule has 0 aliphatic carbocycles. The van der Waals surface area contributed by atoms with E-state index >= 15 is 0 Å². The maximum Gasteiger partial charge on any atom is 0.276 e. The molecule has 0 saturated carbocycles. The predicted octanol–water partition coefficient (Wildman–Crippen LogP) is 3.95. The van der Waals surface area contributed by atoms with E-state index in [2.05, 4.69) is 43.9 Å². The van der Waals surface area contributed by atoms with Gasteiger partial charge in [-0.05, 0) is 60.3 Å². The van der Waals surface area contributed by atoms with Crippen molar-refractivity contribution >= 4 is 29.1 Å². The molecule has 0 unspecified atom stereocenters. The number of hydrazine groups is 1. The molecule has 0 aliphatic rings. The van der Waals surface area contributed by atoms with Crippen molar-refractivity contribution in [3.8, 4) is 11.5 Å². The predicted molar refractivity (Wildman–Crippen MR) is 129 cm³/mol. The van der Waals surface area contributed by atoms with Gasteiger partial charge in [0.1, 0.15) is 11.5 Å². The van der Waals surface area contributed by atoms with Crippen LogP contribution in [0.5, 0.6) is 11.5 Å². The summed E-state index contributed by atoms with van der Waals surface area (Å²) in [5.74, 6) is 1.24. The summed E-state index contributed by atoms with van der Waals surface area (Å²) in [5.41, 5.74) is 6.34. The molecule has 2 aromatic rings. The van der Waals surface area contributed by atoms with Gasteiger partial charge in [0.15, 0.2) is 11.7 Å². The highest BCUT2D eigenvalue weighted by atomic mass is 32.1. The molecule has 2 rings (SSSR count). The molecular weight excluding hydrogens is 426 g/mol. The zero-order valence-corrected chi connectivity index (χ0v) is 19.8. The summed E-state index contributed by atoms with van der Waals surface area (Å²) < 4.78 is 11.3. The molecule has 0 aromatic heterocycles. The normalized spacial score (nSPS) is 10.6. The lowest BCUT2D eigenvalue weighted by Gasteiger charge is -2.14. The van der Waals surface area contributed by atoms with E-state index in [0.717, 1.165) is 12.0 Å². The van der Waals surface area contributed by atoms with Crippen molar-refractivity contribution in [3.63, 3.8) is 0 Å². The first-order valence-electron chi connectivity index (χ1n) is 10.6. The Bertz CT molecular complexity index is 931. The zero-order valence-electron chi connectivity index (χ0n) is 18.9. The Morgan fingerprint density at radius 3 is 2.44 bits per heavy atom. The molecule has 0 atom stereocenters. The van der Waals surface area contributed by atoms with Gasteiger partial charge in [-0.1, -0.05) is 52.0 Å². The van der Waals surface area contributed by atoms with Crippen LogP contribution in [0.4, 0.5) is 0 Å². The van der Waals surface area contributed by atoms with E-state index < -0.39 is 11.8 Å². The van der Waals surface area contributed by atoms with Gasteiger partial charge in [-0.15, -0.1) is 0 Å².